The molecule has 0 spiro atoms. The number of amides is 1. The van der Waals surface area contributed by atoms with Gasteiger partial charge in [0.25, 0.3) is 0 Å². The Balaban J connectivity index is 1.54. The van der Waals surface area contributed by atoms with E-state index < -0.39 is 15.4 Å². The maximum absolute atomic E-state index is 12.2. The average molecular weight is 461 g/mol. The maximum atomic E-state index is 12.2. The normalized spacial score (nSPS) is 15.8. The van der Waals surface area contributed by atoms with Gasteiger partial charge in [-0.25, -0.2) is 13.2 Å². The lowest BCUT2D eigenvalue weighted by Gasteiger charge is -2.37. The van der Waals surface area contributed by atoms with Gasteiger partial charge in [0.05, 0.1) is 16.3 Å². The van der Waals surface area contributed by atoms with Crippen LogP contribution in [0.2, 0.25) is 0 Å². The maximum Gasteiger partial charge on any atom is 0.410 e. The molecule has 0 N–H and O–H groups in total. The summed E-state index contributed by atoms with van der Waals surface area (Å²) in [5.74, 6) is 0. The molecule has 1 aliphatic rings. The number of piperidine rings is 1. The van der Waals surface area contributed by atoms with Crippen LogP contribution in [-0.4, -0.2) is 72.5 Å². The van der Waals surface area contributed by atoms with E-state index in [9.17, 15) is 13.2 Å². The minimum Gasteiger partial charge on any atom is -0.444 e. The van der Waals surface area contributed by atoms with Crippen molar-refractivity contribution in [2.45, 2.75) is 56.7 Å². The second-order valence-corrected chi connectivity index (χ2v) is 11.3. The Morgan fingerprint density at radius 1 is 1.09 bits per heavy atom. The lowest BCUT2D eigenvalue weighted by atomic mass is 10.0. The minimum atomic E-state index is -3.22. The molecule has 0 atom stereocenters. The van der Waals surface area contributed by atoms with Gasteiger partial charge in [-0.3, -0.25) is 4.90 Å². The van der Waals surface area contributed by atoms with Crippen molar-refractivity contribution < 1.29 is 17.9 Å². The molecule has 1 saturated heterocycles. The molecule has 0 saturated carbocycles. The molecular weight excluding hydrogens is 428 g/mol. The SMILES string of the molecule is CN(Cc1ccc(-c2ccc(S(C)(=O)=O)cc2)nn1)C1CCN(C(=O)OC(C)(C)C)CC1. The summed E-state index contributed by atoms with van der Waals surface area (Å²) in [6.07, 6.45) is 2.71. The molecule has 3 rings (SSSR count). The van der Waals surface area contributed by atoms with Gasteiger partial charge >= 0.3 is 6.09 Å². The second-order valence-electron chi connectivity index (χ2n) is 9.32. The third-order valence-electron chi connectivity index (χ3n) is 5.45. The first kappa shape index (κ1) is 24.1. The topological polar surface area (TPSA) is 92.7 Å². The van der Waals surface area contributed by atoms with Crippen molar-refractivity contribution in [2.24, 2.45) is 0 Å². The van der Waals surface area contributed by atoms with E-state index in [1.165, 1.54) is 6.26 Å². The number of carbonyl (C=O) groups is 1. The van der Waals surface area contributed by atoms with E-state index in [0.29, 0.717) is 31.4 Å². The molecule has 1 amide bonds. The van der Waals surface area contributed by atoms with Crippen LogP contribution in [0.4, 0.5) is 4.79 Å². The number of rotatable bonds is 5. The van der Waals surface area contributed by atoms with Crippen LogP contribution >= 0.6 is 0 Å². The van der Waals surface area contributed by atoms with Crippen molar-refractivity contribution in [3.8, 4) is 11.3 Å². The highest BCUT2D eigenvalue weighted by molar-refractivity contribution is 7.90. The molecule has 2 aromatic rings. The van der Waals surface area contributed by atoms with Gasteiger partial charge in [-0.2, -0.15) is 10.2 Å². The molecule has 1 aliphatic heterocycles. The van der Waals surface area contributed by atoms with E-state index in [0.717, 1.165) is 24.1 Å². The predicted molar refractivity (Wildman–Crippen MR) is 123 cm³/mol. The summed E-state index contributed by atoms with van der Waals surface area (Å²) >= 11 is 0. The predicted octanol–water partition coefficient (Wildman–Crippen LogP) is 3.38. The zero-order valence-electron chi connectivity index (χ0n) is 19.4. The van der Waals surface area contributed by atoms with Crippen molar-refractivity contribution in [2.75, 3.05) is 26.4 Å². The van der Waals surface area contributed by atoms with Gasteiger partial charge in [-0.05, 0) is 64.9 Å². The standard InChI is InChI=1S/C23H32N4O4S/c1-23(2,3)31-22(28)27-14-12-19(13-15-27)26(4)16-18-8-11-21(25-24-18)17-6-9-20(10-7-17)32(5,29)30/h6-11,19H,12-16H2,1-5H3. The van der Waals surface area contributed by atoms with Crippen molar-refractivity contribution in [1.29, 1.82) is 0 Å². The molecule has 1 fully saturated rings. The van der Waals surface area contributed by atoms with Crippen molar-refractivity contribution in [3.63, 3.8) is 0 Å². The van der Waals surface area contributed by atoms with Gasteiger partial charge in [0.2, 0.25) is 0 Å². The molecule has 0 aliphatic carbocycles. The third-order valence-corrected chi connectivity index (χ3v) is 6.58. The Labute approximate surface area is 190 Å². The molecule has 174 valence electrons. The fourth-order valence-corrected chi connectivity index (χ4v) is 4.30. The molecule has 1 aromatic carbocycles. The fourth-order valence-electron chi connectivity index (χ4n) is 3.67. The first-order valence-corrected chi connectivity index (χ1v) is 12.6. The Morgan fingerprint density at radius 2 is 1.72 bits per heavy atom. The molecule has 32 heavy (non-hydrogen) atoms. The molecular formula is C23H32N4O4S. The highest BCUT2D eigenvalue weighted by Crippen LogP contribution is 2.21. The lowest BCUT2D eigenvalue weighted by molar-refractivity contribution is 0.0152. The summed E-state index contributed by atoms with van der Waals surface area (Å²) in [4.78, 5) is 16.5. The molecule has 9 heteroatoms. The lowest BCUT2D eigenvalue weighted by Crippen LogP contribution is -2.46. The van der Waals surface area contributed by atoms with E-state index in [-0.39, 0.29) is 11.0 Å². The van der Waals surface area contributed by atoms with E-state index in [2.05, 4.69) is 22.1 Å². The van der Waals surface area contributed by atoms with Gasteiger partial charge in [0, 0.05) is 37.5 Å². The number of benzene rings is 1. The van der Waals surface area contributed by atoms with Gasteiger partial charge in [0.1, 0.15) is 5.60 Å². The monoisotopic (exact) mass is 460 g/mol. The summed E-state index contributed by atoms with van der Waals surface area (Å²) in [7, 11) is -1.16. The molecule has 2 heterocycles. The highest BCUT2D eigenvalue weighted by Gasteiger charge is 2.28. The van der Waals surface area contributed by atoms with Crippen LogP contribution in [0, 0.1) is 0 Å². The van der Waals surface area contributed by atoms with Crippen LogP contribution in [0.5, 0.6) is 0 Å². The van der Waals surface area contributed by atoms with Crippen LogP contribution in [0.1, 0.15) is 39.3 Å². The Morgan fingerprint density at radius 3 is 2.22 bits per heavy atom. The van der Waals surface area contributed by atoms with Crippen LogP contribution < -0.4 is 0 Å². The van der Waals surface area contributed by atoms with E-state index in [4.69, 9.17) is 4.74 Å². The van der Waals surface area contributed by atoms with Crippen molar-refractivity contribution >= 4 is 15.9 Å². The van der Waals surface area contributed by atoms with Gasteiger partial charge in [0.15, 0.2) is 9.84 Å². The molecule has 0 radical (unpaired) electrons. The van der Waals surface area contributed by atoms with Gasteiger partial charge in [-0.15, -0.1) is 0 Å². The number of carbonyl (C=O) groups excluding carboxylic acids is 1. The number of ether oxygens (including phenoxy) is 1. The first-order valence-electron chi connectivity index (χ1n) is 10.7. The zero-order valence-corrected chi connectivity index (χ0v) is 20.2. The summed E-state index contributed by atoms with van der Waals surface area (Å²) in [5, 5.41) is 8.66. The van der Waals surface area contributed by atoms with E-state index in [1.54, 1.807) is 29.2 Å². The second kappa shape index (κ2) is 9.54. The minimum absolute atomic E-state index is 0.246. The van der Waals surface area contributed by atoms with Crippen molar-refractivity contribution in [1.82, 2.24) is 20.0 Å². The number of hydrogen-bond acceptors (Lipinski definition) is 7. The Bertz CT molecular complexity index is 1020. The quantitative estimate of drug-likeness (QED) is 0.675. The summed E-state index contributed by atoms with van der Waals surface area (Å²) < 4.78 is 28.7. The zero-order chi connectivity index (χ0) is 23.5. The fraction of sp³-hybridized carbons (Fsp3) is 0.522. The number of hydrogen-bond donors (Lipinski definition) is 0. The number of aromatic nitrogens is 2. The average Bonchev–Trinajstić information content (AvgIpc) is 2.72. The molecule has 8 nitrogen and oxygen atoms in total. The van der Waals surface area contributed by atoms with Crippen LogP contribution in [0.25, 0.3) is 11.3 Å². The number of nitrogens with zero attached hydrogens (tertiary/aromatic N) is 4. The Hall–Kier alpha value is -2.52. The largest absolute Gasteiger partial charge is 0.444 e. The molecule has 0 unspecified atom stereocenters. The molecule has 1 aromatic heterocycles. The first-order chi connectivity index (χ1) is 14.9. The summed E-state index contributed by atoms with van der Waals surface area (Å²) in [5.41, 5.74) is 1.89. The van der Waals surface area contributed by atoms with Crippen molar-refractivity contribution in [3.05, 3.63) is 42.1 Å². The molecule has 0 bridgehead atoms. The summed E-state index contributed by atoms with van der Waals surface area (Å²) in [6.45, 7) is 7.65. The summed E-state index contributed by atoms with van der Waals surface area (Å²) in [6, 6.07) is 10.8. The van der Waals surface area contributed by atoms with E-state index >= 15 is 0 Å². The van der Waals surface area contributed by atoms with Gasteiger partial charge in [-0.1, -0.05) is 12.1 Å². The number of sulfone groups is 1. The third kappa shape index (κ3) is 6.49. The van der Waals surface area contributed by atoms with Crippen LogP contribution in [-0.2, 0) is 21.1 Å². The van der Waals surface area contributed by atoms with E-state index in [1.807, 2.05) is 32.9 Å². The Kier molecular flexibility index (Phi) is 7.19. The van der Waals surface area contributed by atoms with Crippen LogP contribution in [0.3, 0.4) is 0 Å². The van der Waals surface area contributed by atoms with Crippen LogP contribution in [0.15, 0.2) is 41.3 Å². The highest BCUT2D eigenvalue weighted by atomic mass is 32.2. The van der Waals surface area contributed by atoms with Gasteiger partial charge < -0.3 is 9.64 Å². The smallest absolute Gasteiger partial charge is 0.410 e. The number of likely N-dealkylation sites (tertiary alicyclic amines) is 1.